The molecule has 3 heterocycles. The van der Waals surface area contributed by atoms with Gasteiger partial charge in [0.25, 0.3) is 5.91 Å². The molecule has 1 aromatic rings. The van der Waals surface area contributed by atoms with Gasteiger partial charge in [0.1, 0.15) is 5.54 Å². The molecule has 2 fully saturated rings. The van der Waals surface area contributed by atoms with Gasteiger partial charge in [-0.1, -0.05) is 18.5 Å². The maximum atomic E-state index is 12.1. The molecular weight excluding hydrogens is 310 g/mol. The Morgan fingerprint density at radius 2 is 2.25 bits per heavy atom. The van der Waals surface area contributed by atoms with Crippen LogP contribution in [0.1, 0.15) is 51.2 Å². The number of likely N-dealkylation sites (tertiary alicyclic amines) is 1. The van der Waals surface area contributed by atoms with Crippen molar-refractivity contribution in [3.8, 4) is 0 Å². The van der Waals surface area contributed by atoms with Crippen LogP contribution in [-0.2, 0) is 17.8 Å². The van der Waals surface area contributed by atoms with Crippen LogP contribution >= 0.6 is 0 Å². The summed E-state index contributed by atoms with van der Waals surface area (Å²) < 4.78 is 5.28. The average Bonchev–Trinajstić information content (AvgIpc) is 3.10. The molecule has 0 bridgehead atoms. The number of urea groups is 1. The van der Waals surface area contributed by atoms with Crippen LogP contribution in [0, 0.1) is 5.92 Å². The van der Waals surface area contributed by atoms with Gasteiger partial charge < -0.3 is 9.84 Å². The average molecular weight is 335 g/mol. The fourth-order valence-corrected chi connectivity index (χ4v) is 3.50. The van der Waals surface area contributed by atoms with Gasteiger partial charge in [-0.2, -0.15) is 4.98 Å². The van der Waals surface area contributed by atoms with Crippen molar-refractivity contribution in [2.75, 3.05) is 13.1 Å². The molecule has 0 saturated carbocycles. The zero-order chi connectivity index (χ0) is 17.2. The van der Waals surface area contributed by atoms with E-state index in [1.54, 1.807) is 6.92 Å². The number of aromatic nitrogens is 2. The third-order valence-electron chi connectivity index (χ3n) is 5.01. The van der Waals surface area contributed by atoms with E-state index in [1.807, 2.05) is 0 Å². The summed E-state index contributed by atoms with van der Waals surface area (Å²) in [5.41, 5.74) is -0.834. The van der Waals surface area contributed by atoms with Gasteiger partial charge in [-0.15, -0.1) is 0 Å². The molecule has 8 heteroatoms. The summed E-state index contributed by atoms with van der Waals surface area (Å²) in [4.78, 5) is 30.3. The van der Waals surface area contributed by atoms with E-state index >= 15 is 0 Å². The minimum atomic E-state index is -0.834. The molecule has 0 radical (unpaired) electrons. The van der Waals surface area contributed by atoms with Gasteiger partial charge in [0, 0.05) is 18.9 Å². The molecule has 3 amide bonds. The number of carbonyl (C=O) groups excluding carboxylic acids is 2. The van der Waals surface area contributed by atoms with Crippen LogP contribution in [0.2, 0.25) is 0 Å². The van der Waals surface area contributed by atoms with E-state index in [0.29, 0.717) is 18.3 Å². The zero-order valence-corrected chi connectivity index (χ0v) is 14.3. The third-order valence-corrected chi connectivity index (χ3v) is 5.01. The van der Waals surface area contributed by atoms with Crippen LogP contribution in [0.3, 0.4) is 0 Å². The normalized spacial score (nSPS) is 28.0. The van der Waals surface area contributed by atoms with Gasteiger partial charge in [-0.25, -0.2) is 4.79 Å². The topological polar surface area (TPSA) is 100 Å². The Morgan fingerprint density at radius 1 is 1.42 bits per heavy atom. The highest BCUT2D eigenvalue weighted by Gasteiger charge is 2.48. The third kappa shape index (κ3) is 3.43. The second-order valence-corrected chi connectivity index (χ2v) is 6.89. The van der Waals surface area contributed by atoms with Crippen LogP contribution in [0.25, 0.3) is 0 Å². The molecule has 0 unspecified atom stereocenters. The lowest BCUT2D eigenvalue weighted by Crippen LogP contribution is -2.55. The minimum absolute atomic E-state index is 0.0733. The predicted octanol–water partition coefficient (Wildman–Crippen LogP) is 1.22. The number of unbranched alkanes of at least 4 members (excludes halogenated alkanes) is 1. The Bertz CT molecular complexity index is 617. The van der Waals surface area contributed by atoms with Crippen LogP contribution in [0.15, 0.2) is 4.52 Å². The molecule has 2 aliphatic rings. The minimum Gasteiger partial charge on any atom is -0.339 e. The molecule has 132 valence electrons. The molecule has 0 spiro atoms. The number of piperidine rings is 1. The van der Waals surface area contributed by atoms with Gasteiger partial charge in [0.15, 0.2) is 5.82 Å². The monoisotopic (exact) mass is 335 g/mol. The lowest BCUT2D eigenvalue weighted by molar-refractivity contribution is -0.126. The number of imide groups is 1. The highest BCUT2D eigenvalue weighted by Crippen LogP contribution is 2.30. The first-order valence-corrected chi connectivity index (χ1v) is 8.68. The Hall–Kier alpha value is -1.96. The Balaban J connectivity index is 1.60. The molecule has 2 aliphatic heterocycles. The number of nitrogens with zero attached hydrogens (tertiary/aromatic N) is 3. The maximum Gasteiger partial charge on any atom is 0.322 e. The summed E-state index contributed by atoms with van der Waals surface area (Å²) in [6, 6.07) is -0.404. The van der Waals surface area contributed by atoms with E-state index in [-0.39, 0.29) is 11.8 Å². The van der Waals surface area contributed by atoms with Gasteiger partial charge in [0.2, 0.25) is 5.89 Å². The van der Waals surface area contributed by atoms with Crippen LogP contribution in [0.5, 0.6) is 0 Å². The van der Waals surface area contributed by atoms with E-state index in [2.05, 4.69) is 32.6 Å². The van der Waals surface area contributed by atoms with Crippen LogP contribution in [-0.4, -0.2) is 45.6 Å². The number of carbonyl (C=O) groups is 2. The van der Waals surface area contributed by atoms with Gasteiger partial charge in [-0.3, -0.25) is 15.0 Å². The van der Waals surface area contributed by atoms with Crippen molar-refractivity contribution in [3.05, 3.63) is 11.7 Å². The highest BCUT2D eigenvalue weighted by molar-refractivity contribution is 6.06. The maximum absolute atomic E-state index is 12.1. The first-order chi connectivity index (χ1) is 11.5. The van der Waals surface area contributed by atoms with Crippen LogP contribution in [0.4, 0.5) is 4.79 Å². The summed E-state index contributed by atoms with van der Waals surface area (Å²) >= 11 is 0. The van der Waals surface area contributed by atoms with Crippen molar-refractivity contribution < 1.29 is 14.1 Å². The van der Waals surface area contributed by atoms with Crippen molar-refractivity contribution in [1.29, 1.82) is 0 Å². The van der Waals surface area contributed by atoms with Crippen molar-refractivity contribution >= 4 is 11.9 Å². The first-order valence-electron chi connectivity index (χ1n) is 8.68. The van der Waals surface area contributed by atoms with Crippen molar-refractivity contribution in [2.45, 2.75) is 58.0 Å². The molecule has 8 nitrogen and oxygen atoms in total. The first kappa shape index (κ1) is 16.9. The second kappa shape index (κ2) is 6.88. The molecule has 0 aliphatic carbocycles. The molecule has 2 N–H and O–H groups in total. The zero-order valence-electron chi connectivity index (χ0n) is 14.3. The summed E-state index contributed by atoms with van der Waals surface area (Å²) in [5.74, 6) is 1.21. The number of amides is 3. The van der Waals surface area contributed by atoms with E-state index in [9.17, 15) is 9.59 Å². The molecule has 0 aromatic carbocycles. The molecule has 1 aromatic heterocycles. The number of hydrogen-bond acceptors (Lipinski definition) is 6. The van der Waals surface area contributed by atoms with Crippen molar-refractivity contribution in [1.82, 2.24) is 25.7 Å². The predicted molar refractivity (Wildman–Crippen MR) is 86.0 cm³/mol. The lowest BCUT2D eigenvalue weighted by Gasteiger charge is -2.39. The molecule has 3 rings (SSSR count). The smallest absolute Gasteiger partial charge is 0.322 e. The highest BCUT2D eigenvalue weighted by atomic mass is 16.5. The number of aryl methyl sites for hydroxylation is 1. The fourth-order valence-electron chi connectivity index (χ4n) is 3.50. The van der Waals surface area contributed by atoms with Crippen molar-refractivity contribution in [2.24, 2.45) is 5.92 Å². The van der Waals surface area contributed by atoms with E-state index in [0.717, 1.165) is 45.2 Å². The molecular formula is C16H25N5O3. The molecule has 2 atom stereocenters. The summed E-state index contributed by atoms with van der Waals surface area (Å²) in [7, 11) is 0. The largest absolute Gasteiger partial charge is 0.339 e. The number of hydrogen-bond donors (Lipinski definition) is 2. The Morgan fingerprint density at radius 3 is 2.96 bits per heavy atom. The lowest BCUT2D eigenvalue weighted by atomic mass is 9.80. The van der Waals surface area contributed by atoms with Gasteiger partial charge in [0.05, 0.1) is 6.54 Å². The number of nitrogens with one attached hydrogen (secondary N) is 2. The van der Waals surface area contributed by atoms with Gasteiger partial charge >= 0.3 is 6.03 Å². The van der Waals surface area contributed by atoms with E-state index < -0.39 is 11.6 Å². The van der Waals surface area contributed by atoms with Crippen molar-refractivity contribution in [3.63, 3.8) is 0 Å². The Labute approximate surface area is 141 Å². The SMILES string of the molecule is CCCCc1nc(CN2CCC[C@@H]([C@]3(C)NC(=O)NC3=O)C2)no1. The second-order valence-electron chi connectivity index (χ2n) is 6.89. The summed E-state index contributed by atoms with van der Waals surface area (Å²) in [5, 5.41) is 9.18. The molecule has 2 saturated heterocycles. The quantitative estimate of drug-likeness (QED) is 0.758. The van der Waals surface area contributed by atoms with Crippen LogP contribution < -0.4 is 10.6 Å². The molecule has 24 heavy (non-hydrogen) atoms. The van der Waals surface area contributed by atoms with Gasteiger partial charge in [-0.05, 0) is 32.7 Å². The fraction of sp³-hybridized carbons (Fsp3) is 0.750. The Kier molecular flexibility index (Phi) is 4.84. The van der Waals surface area contributed by atoms with E-state index in [1.165, 1.54) is 0 Å². The summed E-state index contributed by atoms with van der Waals surface area (Å²) in [6.45, 7) is 6.20. The summed E-state index contributed by atoms with van der Waals surface area (Å²) in [6.07, 6.45) is 4.84. The standard InChI is InChI=1S/C16H25N5O3/c1-3-4-7-13-17-12(20-24-13)10-21-8-5-6-11(9-21)16(2)14(22)18-15(23)19-16/h11H,3-10H2,1-2H3,(H2,18,19,22,23)/t11-,16+/m1/s1. The number of rotatable bonds is 6. The van der Waals surface area contributed by atoms with E-state index in [4.69, 9.17) is 4.52 Å².